The van der Waals surface area contributed by atoms with Crippen LogP contribution in [-0.2, 0) is 14.3 Å². The minimum absolute atomic E-state index is 0.0979. The topological polar surface area (TPSA) is 108 Å². The number of amides is 3. The molecule has 0 aliphatic carbocycles. The van der Waals surface area contributed by atoms with Gasteiger partial charge in [0.05, 0.1) is 0 Å². The number of carbonyl (C=O) groups is 3. The fourth-order valence-corrected chi connectivity index (χ4v) is 4.44. The number of alkyl carbamates (subject to hydrolysis) is 1. The predicted molar refractivity (Wildman–Crippen MR) is 153 cm³/mol. The van der Waals surface area contributed by atoms with Crippen molar-refractivity contribution in [2.24, 2.45) is 0 Å². The molecule has 3 N–H and O–H groups in total. The highest BCUT2D eigenvalue weighted by molar-refractivity contribution is 7.98. The maximum Gasteiger partial charge on any atom is 0.408 e. The van der Waals surface area contributed by atoms with Gasteiger partial charge in [-0.2, -0.15) is 11.8 Å². The molecule has 2 rings (SSSR count). The van der Waals surface area contributed by atoms with Crippen LogP contribution in [0.5, 0.6) is 5.75 Å². The van der Waals surface area contributed by atoms with Crippen molar-refractivity contribution in [3.05, 3.63) is 59.7 Å². The molecular weight excluding hydrogens is 502 g/mol. The first-order chi connectivity index (χ1) is 17.9. The second-order valence-electron chi connectivity index (χ2n) is 10.2. The standard InChI is InChI=1S/C29H41N3O5S/c1-8-20(3)32(27(35)23(17-18-38-7)31-28(36)37-29(4,5)6)25(21-14-10-12-16-24(21)33)26(34)30-22-15-11-9-13-19(22)2/h9-16,20,23,25,33H,8,17-18H2,1-7H3,(H,30,34)(H,31,36). The van der Waals surface area contributed by atoms with Gasteiger partial charge in [-0.25, -0.2) is 4.79 Å². The number of anilines is 1. The molecule has 208 valence electrons. The largest absolute Gasteiger partial charge is 0.508 e. The van der Waals surface area contributed by atoms with Crippen LogP contribution in [0.1, 0.15) is 64.6 Å². The Morgan fingerprint density at radius 2 is 1.71 bits per heavy atom. The van der Waals surface area contributed by atoms with Gasteiger partial charge in [0.2, 0.25) is 5.91 Å². The van der Waals surface area contributed by atoms with Gasteiger partial charge in [0.25, 0.3) is 5.91 Å². The van der Waals surface area contributed by atoms with Crippen LogP contribution in [0, 0.1) is 6.92 Å². The van der Waals surface area contributed by atoms with Crippen molar-refractivity contribution in [1.29, 1.82) is 0 Å². The van der Waals surface area contributed by atoms with Crippen molar-refractivity contribution in [3.8, 4) is 5.75 Å². The molecule has 0 saturated carbocycles. The first-order valence-electron chi connectivity index (χ1n) is 12.8. The molecular formula is C29H41N3O5S. The summed E-state index contributed by atoms with van der Waals surface area (Å²) in [6.45, 7) is 10.9. The summed E-state index contributed by atoms with van der Waals surface area (Å²) in [6, 6.07) is 11.4. The van der Waals surface area contributed by atoms with Gasteiger partial charge in [-0.05, 0) is 77.2 Å². The Morgan fingerprint density at radius 3 is 2.29 bits per heavy atom. The van der Waals surface area contributed by atoms with Crippen LogP contribution >= 0.6 is 11.8 Å². The van der Waals surface area contributed by atoms with E-state index in [9.17, 15) is 19.5 Å². The number of hydrogen-bond acceptors (Lipinski definition) is 6. The third-order valence-corrected chi connectivity index (χ3v) is 6.72. The van der Waals surface area contributed by atoms with Gasteiger partial charge in [-0.15, -0.1) is 0 Å². The Balaban J connectivity index is 2.57. The van der Waals surface area contributed by atoms with Crippen molar-refractivity contribution in [2.45, 2.75) is 78.1 Å². The summed E-state index contributed by atoms with van der Waals surface area (Å²) in [5, 5.41) is 16.4. The highest BCUT2D eigenvalue weighted by Gasteiger charge is 2.39. The Bertz CT molecular complexity index is 1100. The van der Waals surface area contributed by atoms with Crippen molar-refractivity contribution in [2.75, 3.05) is 17.3 Å². The number of aryl methyl sites for hydroxylation is 1. The van der Waals surface area contributed by atoms with Crippen LogP contribution in [0.2, 0.25) is 0 Å². The number of nitrogens with one attached hydrogen (secondary N) is 2. The summed E-state index contributed by atoms with van der Waals surface area (Å²) in [5.74, 6) is -0.376. The third-order valence-electron chi connectivity index (χ3n) is 6.08. The molecule has 8 nitrogen and oxygen atoms in total. The Labute approximate surface area is 230 Å². The number of benzene rings is 2. The van der Waals surface area contributed by atoms with E-state index in [4.69, 9.17) is 4.74 Å². The quantitative estimate of drug-likeness (QED) is 0.338. The summed E-state index contributed by atoms with van der Waals surface area (Å²) in [6.07, 6.45) is 2.11. The van der Waals surface area contributed by atoms with Gasteiger partial charge in [0.15, 0.2) is 0 Å². The first kappa shape index (κ1) is 31.0. The van der Waals surface area contributed by atoms with E-state index in [1.807, 2.05) is 45.2 Å². The van der Waals surface area contributed by atoms with E-state index in [-0.39, 0.29) is 11.8 Å². The zero-order valence-electron chi connectivity index (χ0n) is 23.4. The van der Waals surface area contributed by atoms with Crippen LogP contribution in [0.15, 0.2) is 48.5 Å². The molecule has 38 heavy (non-hydrogen) atoms. The summed E-state index contributed by atoms with van der Waals surface area (Å²) in [7, 11) is 0. The number of carbonyl (C=O) groups excluding carboxylic acids is 3. The second-order valence-corrected chi connectivity index (χ2v) is 11.2. The van der Waals surface area contributed by atoms with Crippen molar-refractivity contribution in [1.82, 2.24) is 10.2 Å². The fourth-order valence-electron chi connectivity index (χ4n) is 3.97. The molecule has 3 amide bonds. The van der Waals surface area contributed by atoms with E-state index >= 15 is 0 Å². The van der Waals surface area contributed by atoms with E-state index in [2.05, 4.69) is 10.6 Å². The molecule has 0 aliphatic rings. The number of aromatic hydroxyl groups is 1. The molecule has 0 aromatic heterocycles. The molecule has 2 aromatic carbocycles. The number of thioether (sulfide) groups is 1. The maximum absolute atomic E-state index is 14.2. The molecule has 3 atom stereocenters. The predicted octanol–water partition coefficient (Wildman–Crippen LogP) is 5.65. The van der Waals surface area contributed by atoms with Crippen molar-refractivity contribution in [3.63, 3.8) is 0 Å². The second kappa shape index (κ2) is 14.1. The number of phenolic OH excluding ortho intramolecular Hbond substituents is 1. The average Bonchev–Trinajstić information content (AvgIpc) is 2.85. The summed E-state index contributed by atoms with van der Waals surface area (Å²) >= 11 is 1.55. The summed E-state index contributed by atoms with van der Waals surface area (Å²) in [4.78, 5) is 42.2. The van der Waals surface area contributed by atoms with Gasteiger partial charge in [-0.1, -0.05) is 43.3 Å². The third kappa shape index (κ3) is 8.68. The highest BCUT2D eigenvalue weighted by atomic mass is 32.2. The normalized spacial score (nSPS) is 13.7. The molecule has 3 unspecified atom stereocenters. The number of ether oxygens (including phenoxy) is 1. The van der Waals surface area contributed by atoms with Crippen LogP contribution in [-0.4, -0.2) is 57.6 Å². The molecule has 0 spiro atoms. The highest BCUT2D eigenvalue weighted by Crippen LogP contribution is 2.33. The van der Waals surface area contributed by atoms with Crippen LogP contribution in [0.4, 0.5) is 10.5 Å². The van der Waals surface area contributed by atoms with Gasteiger partial charge in [0, 0.05) is 17.3 Å². The van der Waals surface area contributed by atoms with E-state index in [0.29, 0.717) is 29.8 Å². The molecule has 0 aliphatic heterocycles. The summed E-state index contributed by atoms with van der Waals surface area (Å²) in [5.41, 5.74) is 1.04. The molecule has 0 heterocycles. The van der Waals surface area contributed by atoms with E-state index in [0.717, 1.165) is 5.56 Å². The Hall–Kier alpha value is -3.20. The zero-order valence-corrected chi connectivity index (χ0v) is 24.2. The van der Waals surface area contributed by atoms with Crippen LogP contribution < -0.4 is 10.6 Å². The number of hydrogen-bond donors (Lipinski definition) is 3. The van der Waals surface area contributed by atoms with Crippen LogP contribution in [0.3, 0.4) is 0 Å². The molecule has 0 bridgehead atoms. The maximum atomic E-state index is 14.2. The lowest BCUT2D eigenvalue weighted by Gasteiger charge is -2.38. The molecule has 0 fully saturated rings. The average molecular weight is 544 g/mol. The van der Waals surface area contributed by atoms with Crippen LogP contribution in [0.25, 0.3) is 0 Å². The lowest BCUT2D eigenvalue weighted by atomic mass is 9.98. The summed E-state index contributed by atoms with van der Waals surface area (Å²) < 4.78 is 5.42. The minimum Gasteiger partial charge on any atom is -0.508 e. The van der Waals surface area contributed by atoms with Gasteiger partial charge in [0.1, 0.15) is 23.4 Å². The van der Waals surface area contributed by atoms with Gasteiger partial charge >= 0.3 is 6.09 Å². The number of rotatable bonds is 11. The fraction of sp³-hybridized carbons (Fsp3) is 0.483. The van der Waals surface area contributed by atoms with E-state index in [1.54, 1.807) is 56.8 Å². The number of phenols is 1. The van der Waals surface area contributed by atoms with E-state index < -0.39 is 35.6 Å². The zero-order chi connectivity index (χ0) is 28.5. The van der Waals surface area contributed by atoms with E-state index in [1.165, 1.54) is 11.0 Å². The molecule has 0 saturated heterocycles. The first-order valence-corrected chi connectivity index (χ1v) is 14.2. The number of nitrogens with zero attached hydrogens (tertiary/aromatic N) is 1. The molecule has 9 heteroatoms. The van der Waals surface area contributed by atoms with Crippen molar-refractivity contribution < 1.29 is 24.2 Å². The van der Waals surface area contributed by atoms with Crippen molar-refractivity contribution >= 4 is 35.4 Å². The Kier molecular flexibility index (Phi) is 11.5. The molecule has 0 radical (unpaired) electrons. The Morgan fingerprint density at radius 1 is 1.08 bits per heavy atom. The van der Waals surface area contributed by atoms with Gasteiger partial charge in [-0.3, -0.25) is 9.59 Å². The minimum atomic E-state index is -1.14. The lowest BCUT2D eigenvalue weighted by molar-refractivity contribution is -0.143. The lowest BCUT2D eigenvalue weighted by Crippen LogP contribution is -2.55. The SMILES string of the molecule is CCC(C)N(C(=O)C(CCSC)NC(=O)OC(C)(C)C)C(C(=O)Nc1ccccc1C)c1ccccc1O. The monoisotopic (exact) mass is 543 g/mol. The number of para-hydroxylation sites is 2. The van der Waals surface area contributed by atoms with Gasteiger partial charge < -0.3 is 25.4 Å². The smallest absolute Gasteiger partial charge is 0.408 e. The molecule has 2 aromatic rings.